The molecule has 1 saturated heterocycles. The number of benzene rings is 1. The average Bonchev–Trinajstić information content (AvgIpc) is 2.16. The minimum Gasteiger partial charge on any atom is -0.292 e. The van der Waals surface area contributed by atoms with Gasteiger partial charge in [0.2, 0.25) is 5.91 Å². The first-order valence-corrected chi connectivity index (χ1v) is 5.91. The van der Waals surface area contributed by atoms with Gasteiger partial charge in [-0.05, 0) is 12.1 Å². The first-order chi connectivity index (χ1) is 7.27. The number of nitrogens with one attached hydrogen (secondary N) is 1. The second-order valence-electron chi connectivity index (χ2n) is 3.42. The first kappa shape index (κ1) is 10.2. The standard InChI is InChI=1S/C11H11NO2S/c13-10(8-4-2-1-3-5-8)12-11(14)9-6-15-7-9/h1-5,9H,6-7H2,(H,12,13,14). The van der Waals surface area contributed by atoms with Crippen molar-refractivity contribution in [3.63, 3.8) is 0 Å². The number of amides is 2. The summed E-state index contributed by atoms with van der Waals surface area (Å²) < 4.78 is 0. The van der Waals surface area contributed by atoms with Crippen LogP contribution in [0.4, 0.5) is 0 Å². The molecule has 1 aliphatic rings. The van der Waals surface area contributed by atoms with E-state index >= 15 is 0 Å². The van der Waals surface area contributed by atoms with E-state index in [1.54, 1.807) is 36.0 Å². The Labute approximate surface area is 92.2 Å². The van der Waals surface area contributed by atoms with Crippen molar-refractivity contribution < 1.29 is 9.59 Å². The molecule has 0 aliphatic carbocycles. The van der Waals surface area contributed by atoms with Crippen molar-refractivity contribution in [2.75, 3.05) is 11.5 Å². The summed E-state index contributed by atoms with van der Waals surface area (Å²) in [6, 6.07) is 8.77. The predicted octanol–water partition coefficient (Wildman–Crippen LogP) is 1.31. The highest BCUT2D eigenvalue weighted by Crippen LogP contribution is 2.24. The number of carbonyl (C=O) groups is 2. The van der Waals surface area contributed by atoms with E-state index in [9.17, 15) is 9.59 Å². The summed E-state index contributed by atoms with van der Waals surface area (Å²) in [5.41, 5.74) is 0.526. The van der Waals surface area contributed by atoms with Crippen LogP contribution in [0, 0.1) is 5.92 Å². The smallest absolute Gasteiger partial charge is 0.257 e. The third-order valence-electron chi connectivity index (χ3n) is 2.28. The normalized spacial score (nSPS) is 15.5. The Morgan fingerprint density at radius 3 is 2.40 bits per heavy atom. The Kier molecular flexibility index (Phi) is 3.06. The van der Waals surface area contributed by atoms with Crippen molar-refractivity contribution in [1.29, 1.82) is 0 Å². The Bertz CT molecular complexity index is 373. The third-order valence-corrected chi connectivity index (χ3v) is 3.56. The van der Waals surface area contributed by atoms with Crippen LogP contribution in [0.5, 0.6) is 0 Å². The van der Waals surface area contributed by atoms with Gasteiger partial charge in [-0.3, -0.25) is 14.9 Å². The SMILES string of the molecule is O=C(NC(=O)C1CSC1)c1ccccc1. The Morgan fingerprint density at radius 1 is 1.20 bits per heavy atom. The van der Waals surface area contributed by atoms with Gasteiger partial charge in [-0.15, -0.1) is 0 Å². The lowest BCUT2D eigenvalue weighted by Crippen LogP contribution is -2.41. The number of thioether (sulfide) groups is 1. The molecular weight excluding hydrogens is 210 g/mol. The van der Waals surface area contributed by atoms with Crippen molar-refractivity contribution >= 4 is 23.6 Å². The zero-order chi connectivity index (χ0) is 10.7. The van der Waals surface area contributed by atoms with E-state index in [0.29, 0.717) is 5.56 Å². The van der Waals surface area contributed by atoms with Crippen molar-refractivity contribution in [2.45, 2.75) is 0 Å². The van der Waals surface area contributed by atoms with Crippen molar-refractivity contribution in [1.82, 2.24) is 5.32 Å². The Morgan fingerprint density at radius 2 is 1.87 bits per heavy atom. The fraction of sp³-hybridized carbons (Fsp3) is 0.273. The molecule has 1 heterocycles. The zero-order valence-corrected chi connectivity index (χ0v) is 8.92. The molecule has 1 fully saturated rings. The van der Waals surface area contributed by atoms with E-state index in [4.69, 9.17) is 0 Å². The molecule has 0 saturated carbocycles. The zero-order valence-electron chi connectivity index (χ0n) is 8.10. The van der Waals surface area contributed by atoms with Gasteiger partial charge in [-0.25, -0.2) is 0 Å². The van der Waals surface area contributed by atoms with Crippen molar-refractivity contribution in [2.24, 2.45) is 5.92 Å². The summed E-state index contributed by atoms with van der Waals surface area (Å²) in [4.78, 5) is 23.0. The Hall–Kier alpha value is -1.29. The number of imide groups is 1. The van der Waals surface area contributed by atoms with Crippen LogP contribution in [-0.4, -0.2) is 23.3 Å². The predicted molar refractivity (Wildman–Crippen MR) is 59.7 cm³/mol. The fourth-order valence-electron chi connectivity index (χ4n) is 1.26. The molecular formula is C11H11NO2S. The molecule has 1 N–H and O–H groups in total. The van der Waals surface area contributed by atoms with Gasteiger partial charge in [0.15, 0.2) is 0 Å². The first-order valence-electron chi connectivity index (χ1n) is 4.75. The lowest BCUT2D eigenvalue weighted by Gasteiger charge is -2.22. The van der Waals surface area contributed by atoms with Gasteiger partial charge in [-0.1, -0.05) is 18.2 Å². The van der Waals surface area contributed by atoms with Gasteiger partial charge in [0.1, 0.15) is 0 Å². The number of carbonyl (C=O) groups excluding carboxylic acids is 2. The van der Waals surface area contributed by atoms with E-state index in [1.807, 2.05) is 6.07 Å². The molecule has 0 atom stereocenters. The van der Waals surface area contributed by atoms with Crippen LogP contribution in [0.3, 0.4) is 0 Å². The molecule has 0 radical (unpaired) electrons. The van der Waals surface area contributed by atoms with Gasteiger partial charge >= 0.3 is 0 Å². The highest BCUT2D eigenvalue weighted by Gasteiger charge is 2.27. The molecule has 15 heavy (non-hydrogen) atoms. The van der Waals surface area contributed by atoms with Crippen LogP contribution in [0.1, 0.15) is 10.4 Å². The minimum absolute atomic E-state index is 0.0164. The van der Waals surface area contributed by atoms with Crippen LogP contribution >= 0.6 is 11.8 Å². The second kappa shape index (κ2) is 4.49. The molecule has 0 bridgehead atoms. The lowest BCUT2D eigenvalue weighted by molar-refractivity contribution is -0.122. The van der Waals surface area contributed by atoms with Crippen LogP contribution in [0.2, 0.25) is 0 Å². The summed E-state index contributed by atoms with van der Waals surface area (Å²) in [6.45, 7) is 0. The van der Waals surface area contributed by atoms with Crippen molar-refractivity contribution in [3.05, 3.63) is 35.9 Å². The molecule has 0 spiro atoms. The topological polar surface area (TPSA) is 46.2 Å². The van der Waals surface area contributed by atoms with Gasteiger partial charge in [-0.2, -0.15) is 11.8 Å². The summed E-state index contributed by atoms with van der Waals surface area (Å²) >= 11 is 1.72. The quantitative estimate of drug-likeness (QED) is 0.766. The maximum Gasteiger partial charge on any atom is 0.257 e. The Balaban J connectivity index is 1.95. The minimum atomic E-state index is -0.308. The van der Waals surface area contributed by atoms with E-state index < -0.39 is 0 Å². The summed E-state index contributed by atoms with van der Waals surface area (Å²) in [6.07, 6.45) is 0. The molecule has 0 unspecified atom stereocenters. The number of rotatable bonds is 2. The molecule has 4 heteroatoms. The number of hydrogen-bond acceptors (Lipinski definition) is 3. The fourth-order valence-corrected chi connectivity index (χ4v) is 2.04. The summed E-state index contributed by atoms with van der Waals surface area (Å²) in [7, 11) is 0. The van der Waals surface area contributed by atoms with E-state index in [-0.39, 0.29) is 17.7 Å². The molecule has 2 amide bonds. The van der Waals surface area contributed by atoms with Crippen LogP contribution in [0.15, 0.2) is 30.3 Å². The van der Waals surface area contributed by atoms with E-state index in [1.165, 1.54) is 0 Å². The van der Waals surface area contributed by atoms with E-state index in [0.717, 1.165) is 11.5 Å². The highest BCUT2D eigenvalue weighted by molar-refractivity contribution is 8.00. The van der Waals surface area contributed by atoms with Gasteiger partial charge in [0.05, 0.1) is 5.92 Å². The maximum absolute atomic E-state index is 11.6. The molecule has 1 aromatic carbocycles. The molecule has 0 aromatic heterocycles. The molecule has 2 rings (SSSR count). The second-order valence-corrected chi connectivity index (χ2v) is 4.49. The maximum atomic E-state index is 11.6. The third kappa shape index (κ3) is 2.39. The largest absolute Gasteiger partial charge is 0.292 e. The van der Waals surface area contributed by atoms with Crippen molar-refractivity contribution in [3.8, 4) is 0 Å². The van der Waals surface area contributed by atoms with Gasteiger partial charge < -0.3 is 0 Å². The monoisotopic (exact) mass is 221 g/mol. The molecule has 3 nitrogen and oxygen atoms in total. The number of hydrogen-bond donors (Lipinski definition) is 1. The van der Waals surface area contributed by atoms with Crippen LogP contribution in [-0.2, 0) is 4.79 Å². The molecule has 1 aromatic rings. The summed E-state index contributed by atoms with van der Waals surface area (Å²) in [5, 5.41) is 2.41. The summed E-state index contributed by atoms with van der Waals surface area (Å²) in [5.74, 6) is 1.21. The van der Waals surface area contributed by atoms with Gasteiger partial charge in [0.25, 0.3) is 5.91 Å². The van der Waals surface area contributed by atoms with Gasteiger partial charge in [0, 0.05) is 17.1 Å². The lowest BCUT2D eigenvalue weighted by atomic mass is 10.1. The average molecular weight is 221 g/mol. The van der Waals surface area contributed by atoms with E-state index in [2.05, 4.69) is 5.32 Å². The van der Waals surface area contributed by atoms with Crippen LogP contribution < -0.4 is 5.32 Å². The molecule has 1 aliphatic heterocycles. The van der Waals surface area contributed by atoms with Crippen LogP contribution in [0.25, 0.3) is 0 Å². The molecule has 78 valence electrons. The highest BCUT2D eigenvalue weighted by atomic mass is 32.2.